The van der Waals surface area contributed by atoms with Gasteiger partial charge in [-0.3, -0.25) is 9.36 Å². The summed E-state index contributed by atoms with van der Waals surface area (Å²) in [6.07, 6.45) is 4.23. The highest BCUT2D eigenvalue weighted by molar-refractivity contribution is 8.00. The molecular weight excluding hydrogens is 457 g/mol. The van der Waals surface area contributed by atoms with Crippen molar-refractivity contribution in [1.82, 2.24) is 14.8 Å². The second-order valence-electron chi connectivity index (χ2n) is 9.23. The van der Waals surface area contributed by atoms with Crippen molar-refractivity contribution in [2.45, 2.75) is 56.0 Å². The van der Waals surface area contributed by atoms with Gasteiger partial charge < -0.3 is 0 Å². The molecule has 3 aromatic carbocycles. The molecule has 0 spiro atoms. The van der Waals surface area contributed by atoms with Gasteiger partial charge in [0.05, 0.1) is 5.56 Å². The van der Waals surface area contributed by atoms with E-state index in [4.69, 9.17) is 0 Å². The Morgan fingerprint density at radius 2 is 1.54 bits per heavy atom. The van der Waals surface area contributed by atoms with E-state index in [-0.39, 0.29) is 17.6 Å². The number of carbonyl (C=O) groups is 1. The van der Waals surface area contributed by atoms with Crippen molar-refractivity contribution in [2.24, 2.45) is 0 Å². The Bertz CT molecular complexity index is 1330. The number of hydrogen-bond acceptors (Lipinski definition) is 4. The molecule has 1 aromatic heterocycles. The number of Topliss-reactive ketones (excluding diaryl/α,β-unsaturated/α-hetero) is 1. The molecule has 4 nitrogen and oxygen atoms in total. The van der Waals surface area contributed by atoms with Crippen LogP contribution in [0.2, 0.25) is 0 Å². The Morgan fingerprint density at radius 3 is 2.20 bits per heavy atom. The third-order valence-electron chi connectivity index (χ3n) is 6.65. The number of aromatic nitrogens is 3. The molecule has 5 rings (SSSR count). The second-order valence-corrected chi connectivity index (χ2v) is 10.3. The molecule has 35 heavy (non-hydrogen) atoms. The van der Waals surface area contributed by atoms with E-state index in [1.807, 2.05) is 68.4 Å². The van der Waals surface area contributed by atoms with Crippen LogP contribution in [-0.4, -0.2) is 20.5 Å². The Balaban J connectivity index is 1.58. The summed E-state index contributed by atoms with van der Waals surface area (Å²) in [6.45, 7) is 4.04. The Hall–Kier alpha value is -3.25. The van der Waals surface area contributed by atoms with E-state index in [1.165, 1.54) is 17.8 Å². The van der Waals surface area contributed by atoms with Crippen molar-refractivity contribution in [1.29, 1.82) is 0 Å². The fourth-order valence-corrected chi connectivity index (χ4v) is 5.85. The topological polar surface area (TPSA) is 47.8 Å². The van der Waals surface area contributed by atoms with Gasteiger partial charge in [0.25, 0.3) is 0 Å². The zero-order valence-corrected chi connectivity index (χ0v) is 20.8. The van der Waals surface area contributed by atoms with E-state index >= 15 is 0 Å². The van der Waals surface area contributed by atoms with Crippen molar-refractivity contribution >= 4 is 17.5 Å². The molecule has 0 radical (unpaired) electrons. The number of rotatable bonds is 7. The smallest absolute Gasteiger partial charge is 0.192 e. The minimum Gasteiger partial charge on any atom is -0.299 e. The van der Waals surface area contributed by atoms with E-state index < -0.39 is 5.25 Å². The van der Waals surface area contributed by atoms with Gasteiger partial charge in [-0.05, 0) is 44.4 Å². The maximum Gasteiger partial charge on any atom is 0.192 e. The predicted octanol–water partition coefficient (Wildman–Crippen LogP) is 7.53. The molecule has 178 valence electrons. The van der Waals surface area contributed by atoms with Crippen LogP contribution in [0.15, 0.2) is 78.0 Å². The molecular formula is C29H28FN3OS. The summed E-state index contributed by atoms with van der Waals surface area (Å²) >= 11 is 1.41. The van der Waals surface area contributed by atoms with Gasteiger partial charge in [0.2, 0.25) is 0 Å². The van der Waals surface area contributed by atoms with Gasteiger partial charge in [-0.1, -0.05) is 96.4 Å². The first-order chi connectivity index (χ1) is 17.0. The normalized spacial score (nSPS) is 14.8. The van der Waals surface area contributed by atoms with Gasteiger partial charge in [-0.2, -0.15) is 0 Å². The van der Waals surface area contributed by atoms with Crippen molar-refractivity contribution in [3.8, 4) is 11.4 Å². The highest BCUT2D eigenvalue weighted by atomic mass is 32.2. The quantitative estimate of drug-likeness (QED) is 0.200. The molecule has 1 heterocycles. The molecule has 4 aromatic rings. The molecule has 1 aliphatic rings. The number of ketones is 1. The first kappa shape index (κ1) is 23.5. The van der Waals surface area contributed by atoms with Crippen LogP contribution >= 0.6 is 11.8 Å². The lowest BCUT2D eigenvalue weighted by atomic mass is 10.0. The molecule has 1 saturated carbocycles. The van der Waals surface area contributed by atoms with Crippen LogP contribution in [0, 0.1) is 19.7 Å². The van der Waals surface area contributed by atoms with Crippen molar-refractivity contribution in [3.63, 3.8) is 0 Å². The number of benzene rings is 3. The number of hydrogen-bond donors (Lipinski definition) is 0. The van der Waals surface area contributed by atoms with Gasteiger partial charge in [0.1, 0.15) is 11.1 Å². The molecule has 0 amide bonds. The van der Waals surface area contributed by atoms with Crippen LogP contribution in [0.25, 0.3) is 11.4 Å². The molecule has 0 N–H and O–H groups in total. The number of nitrogens with zero attached hydrogens (tertiary/aromatic N) is 3. The van der Waals surface area contributed by atoms with Gasteiger partial charge in [0.15, 0.2) is 16.8 Å². The molecule has 0 saturated heterocycles. The third kappa shape index (κ3) is 4.94. The van der Waals surface area contributed by atoms with Crippen LogP contribution in [-0.2, 0) is 0 Å². The number of carbonyl (C=O) groups excluding carboxylic acids is 1. The number of halogens is 1. The van der Waals surface area contributed by atoms with Crippen LogP contribution in [0.1, 0.15) is 64.0 Å². The summed E-state index contributed by atoms with van der Waals surface area (Å²) in [6, 6.07) is 22.6. The van der Waals surface area contributed by atoms with Gasteiger partial charge in [-0.25, -0.2) is 4.39 Å². The lowest BCUT2D eigenvalue weighted by molar-refractivity contribution is 0.0989. The summed E-state index contributed by atoms with van der Waals surface area (Å²) in [5.74, 6) is 0.233. The summed E-state index contributed by atoms with van der Waals surface area (Å²) in [5, 5.41) is 9.11. The lowest BCUT2D eigenvalue weighted by Gasteiger charge is -2.20. The second kappa shape index (κ2) is 10.2. The standard InChI is InChI=1S/C29H28FN3OS/c1-19-11-15-21(16-12-19)26(34)27(22-17-13-20(2)14-18-22)35-29-32-31-28(24-9-5-6-10-25(24)30)33(29)23-7-3-4-8-23/h5-6,9-18,23,27H,3-4,7-8H2,1-2H3. The van der Waals surface area contributed by atoms with Crippen molar-refractivity contribution in [2.75, 3.05) is 0 Å². The van der Waals surface area contributed by atoms with Crippen LogP contribution in [0.5, 0.6) is 0 Å². The monoisotopic (exact) mass is 485 g/mol. The molecule has 1 atom stereocenters. The molecule has 0 bridgehead atoms. The SMILES string of the molecule is Cc1ccc(C(=O)C(Sc2nnc(-c3ccccc3F)n2C2CCCC2)c2ccc(C)cc2)cc1. The van der Waals surface area contributed by atoms with E-state index in [0.717, 1.165) is 42.4 Å². The highest BCUT2D eigenvalue weighted by Crippen LogP contribution is 2.42. The van der Waals surface area contributed by atoms with Gasteiger partial charge in [-0.15, -0.1) is 10.2 Å². The summed E-state index contributed by atoms with van der Waals surface area (Å²) in [5.41, 5.74) is 4.26. The highest BCUT2D eigenvalue weighted by Gasteiger charge is 2.30. The van der Waals surface area contributed by atoms with Crippen LogP contribution in [0.4, 0.5) is 4.39 Å². The zero-order chi connectivity index (χ0) is 24.4. The van der Waals surface area contributed by atoms with Gasteiger partial charge in [0, 0.05) is 11.6 Å². The van der Waals surface area contributed by atoms with E-state index in [2.05, 4.69) is 14.8 Å². The van der Waals surface area contributed by atoms with E-state index in [9.17, 15) is 9.18 Å². The largest absolute Gasteiger partial charge is 0.299 e. The minimum atomic E-state index is -0.490. The summed E-state index contributed by atoms with van der Waals surface area (Å²) in [7, 11) is 0. The molecule has 1 unspecified atom stereocenters. The maximum atomic E-state index is 14.8. The van der Waals surface area contributed by atoms with Crippen LogP contribution in [0.3, 0.4) is 0 Å². The zero-order valence-electron chi connectivity index (χ0n) is 19.9. The maximum absolute atomic E-state index is 14.8. The van der Waals surface area contributed by atoms with Gasteiger partial charge >= 0.3 is 0 Å². The first-order valence-corrected chi connectivity index (χ1v) is 12.9. The van der Waals surface area contributed by atoms with Crippen molar-refractivity contribution < 1.29 is 9.18 Å². The molecule has 1 fully saturated rings. The average molecular weight is 486 g/mol. The number of thioether (sulfide) groups is 1. The van der Waals surface area contributed by atoms with E-state index in [0.29, 0.717) is 22.1 Å². The van der Waals surface area contributed by atoms with Crippen molar-refractivity contribution in [3.05, 3.63) is 101 Å². The van der Waals surface area contributed by atoms with E-state index in [1.54, 1.807) is 12.1 Å². The third-order valence-corrected chi connectivity index (χ3v) is 7.86. The Morgan fingerprint density at radius 1 is 0.914 bits per heavy atom. The Kier molecular flexibility index (Phi) is 6.82. The summed E-state index contributed by atoms with van der Waals surface area (Å²) < 4.78 is 16.8. The fraction of sp³-hybridized carbons (Fsp3) is 0.276. The summed E-state index contributed by atoms with van der Waals surface area (Å²) in [4.78, 5) is 13.8. The average Bonchev–Trinajstić information content (AvgIpc) is 3.53. The minimum absolute atomic E-state index is 0.0206. The predicted molar refractivity (Wildman–Crippen MR) is 138 cm³/mol. The van der Waals surface area contributed by atoms with Crippen LogP contribution < -0.4 is 0 Å². The molecule has 0 aliphatic heterocycles. The fourth-order valence-electron chi connectivity index (χ4n) is 4.66. The molecule has 6 heteroatoms. The number of aryl methyl sites for hydroxylation is 2. The lowest BCUT2D eigenvalue weighted by Crippen LogP contribution is -2.13. The Labute approximate surface area is 209 Å². The molecule has 1 aliphatic carbocycles. The first-order valence-electron chi connectivity index (χ1n) is 12.0.